The van der Waals surface area contributed by atoms with Crippen LogP contribution in [0.15, 0.2) is 0 Å². The Hall–Kier alpha value is 0.0649. The van der Waals surface area contributed by atoms with Crippen LogP contribution in [0.5, 0.6) is 0 Å². The average molecular weight is 192 g/mol. The Morgan fingerprint density at radius 1 is 1.07 bits per heavy atom. The number of rotatable bonds is 0. The normalized spacial score (nSPS) is 57.9. The van der Waals surface area contributed by atoms with Gasteiger partial charge < -0.3 is 0 Å². The van der Waals surface area contributed by atoms with Crippen LogP contribution in [0, 0.1) is 5.41 Å². The predicted molar refractivity (Wildman–Crippen MR) is 65.2 cm³/mol. The van der Waals surface area contributed by atoms with Crippen LogP contribution >= 0.6 is 0 Å². The lowest BCUT2D eigenvalue weighted by Gasteiger charge is -2.27. The molecule has 4 unspecified atom stereocenters. The molecule has 0 aromatic carbocycles. The topological polar surface area (TPSA) is 0 Å². The van der Waals surface area contributed by atoms with Crippen LogP contribution in [0.1, 0.15) is 60.8 Å². The molecule has 0 bridgehead atoms. The maximum Gasteiger partial charge on any atom is 0.155 e. The Labute approximate surface area is 89.9 Å². The highest BCUT2D eigenvalue weighted by atomic mass is 14.7. The fraction of sp³-hybridized carbons (Fsp3) is 1.00. The lowest BCUT2D eigenvalue weighted by Crippen LogP contribution is -2.20. The lowest BCUT2D eigenvalue weighted by molar-refractivity contribution is 0.413. The van der Waals surface area contributed by atoms with Crippen LogP contribution in [-0.2, 0) is 0 Å². The van der Waals surface area contributed by atoms with Crippen molar-refractivity contribution in [2.45, 2.75) is 77.3 Å². The zero-order valence-corrected chi connectivity index (χ0v) is 10.8. The van der Waals surface area contributed by atoms with E-state index in [1.54, 1.807) is 0 Å². The summed E-state index contributed by atoms with van der Waals surface area (Å²) in [5, 5.41) is 1.50. The van der Waals surface area contributed by atoms with Gasteiger partial charge in [-0.1, -0.05) is 59.1 Å². The molecule has 1 saturated carbocycles. The summed E-state index contributed by atoms with van der Waals surface area (Å²) in [6.45, 7) is 15.1. The maximum absolute atomic E-state index is 2.54. The summed E-state index contributed by atoms with van der Waals surface area (Å²) < 4.78 is 0. The quantitative estimate of drug-likeness (QED) is 0.490. The molecule has 0 spiro atoms. The van der Waals surface area contributed by atoms with E-state index in [0.29, 0.717) is 0 Å². The van der Waals surface area contributed by atoms with Gasteiger partial charge in [-0.05, 0) is 23.6 Å². The van der Waals surface area contributed by atoms with Crippen molar-refractivity contribution >= 4 is 6.71 Å². The largest absolute Gasteiger partial charge is 0.155 e. The smallest absolute Gasteiger partial charge is 0.0692 e. The van der Waals surface area contributed by atoms with Crippen molar-refractivity contribution in [3.05, 3.63) is 0 Å². The summed E-state index contributed by atoms with van der Waals surface area (Å²) in [4.78, 5) is 0. The van der Waals surface area contributed by atoms with Gasteiger partial charge in [0, 0.05) is 0 Å². The Morgan fingerprint density at radius 2 is 1.64 bits per heavy atom. The summed E-state index contributed by atoms with van der Waals surface area (Å²) in [5.74, 6) is 1.02. The third-order valence-corrected chi connectivity index (χ3v) is 6.05. The minimum Gasteiger partial charge on any atom is -0.0692 e. The molecule has 0 aromatic heterocycles. The Morgan fingerprint density at radius 3 is 2.14 bits per heavy atom. The van der Waals surface area contributed by atoms with Crippen molar-refractivity contribution in [1.29, 1.82) is 0 Å². The van der Waals surface area contributed by atoms with Gasteiger partial charge in [0.15, 0.2) is 6.71 Å². The lowest BCUT2D eigenvalue weighted by atomic mass is 9.43. The first kappa shape index (κ1) is 10.6. The van der Waals surface area contributed by atoms with Crippen molar-refractivity contribution in [1.82, 2.24) is 0 Å². The number of hydrogen-bond donors (Lipinski definition) is 0. The second-order valence-electron chi connectivity index (χ2n) is 6.43. The van der Waals surface area contributed by atoms with E-state index in [1.165, 1.54) is 19.3 Å². The third-order valence-electron chi connectivity index (χ3n) is 6.05. The second kappa shape index (κ2) is 2.60. The van der Waals surface area contributed by atoms with E-state index in [1.807, 2.05) is 13.8 Å². The molecule has 80 valence electrons. The highest BCUT2D eigenvalue weighted by molar-refractivity contribution is 6.80. The summed E-state index contributed by atoms with van der Waals surface area (Å²) in [5.41, 5.74) is 0.752. The maximum atomic E-state index is 2.54. The fourth-order valence-corrected chi connectivity index (χ4v) is 4.63. The molecule has 1 heteroatoms. The van der Waals surface area contributed by atoms with E-state index < -0.39 is 0 Å². The minimum absolute atomic E-state index is 0.749. The minimum atomic E-state index is 0.749. The van der Waals surface area contributed by atoms with Crippen molar-refractivity contribution in [3.63, 3.8) is 0 Å². The fourth-order valence-electron chi connectivity index (χ4n) is 4.63. The standard InChI is InChI=1S/C11H19B.C2H6/c1-8-10(3)6-5-9(2)7-11(9,4)12(8)10;1-2/h8H,5-7H2,1-4H3;1-2H3. The molecule has 3 aliphatic rings. The molecule has 1 aliphatic carbocycles. The summed E-state index contributed by atoms with van der Waals surface area (Å²) in [6.07, 6.45) is 4.52. The Bertz CT molecular complexity index is 262. The van der Waals surface area contributed by atoms with Gasteiger partial charge in [-0.25, -0.2) is 0 Å². The van der Waals surface area contributed by atoms with Crippen LogP contribution in [0.25, 0.3) is 0 Å². The molecule has 14 heavy (non-hydrogen) atoms. The first-order valence-corrected chi connectivity index (χ1v) is 6.44. The number of hydrogen-bond acceptors (Lipinski definition) is 0. The zero-order valence-electron chi connectivity index (χ0n) is 10.8. The molecular weight excluding hydrogens is 167 g/mol. The average Bonchev–Trinajstić information content (AvgIpc) is 2.91. The molecule has 0 N–H and O–H groups in total. The highest BCUT2D eigenvalue weighted by Gasteiger charge is 2.81. The van der Waals surface area contributed by atoms with E-state index in [2.05, 4.69) is 27.7 Å². The van der Waals surface area contributed by atoms with Crippen molar-refractivity contribution in [3.8, 4) is 0 Å². The predicted octanol–water partition coefficient (Wildman–Crippen LogP) is 4.64. The van der Waals surface area contributed by atoms with Crippen molar-refractivity contribution in [2.24, 2.45) is 5.41 Å². The van der Waals surface area contributed by atoms with E-state index in [0.717, 1.165) is 28.6 Å². The molecule has 2 aliphatic heterocycles. The molecule has 4 atom stereocenters. The zero-order chi connectivity index (χ0) is 10.8. The first-order chi connectivity index (χ1) is 6.44. The van der Waals surface area contributed by atoms with E-state index in [-0.39, 0.29) is 0 Å². The van der Waals surface area contributed by atoms with Crippen molar-refractivity contribution in [2.75, 3.05) is 0 Å². The van der Waals surface area contributed by atoms with Crippen LogP contribution in [0.4, 0.5) is 0 Å². The van der Waals surface area contributed by atoms with Gasteiger partial charge in [0.1, 0.15) is 0 Å². The van der Waals surface area contributed by atoms with Crippen LogP contribution in [0.3, 0.4) is 0 Å². The first-order valence-electron chi connectivity index (χ1n) is 6.44. The van der Waals surface area contributed by atoms with Gasteiger partial charge in [0.25, 0.3) is 0 Å². The molecule has 0 nitrogen and oxygen atoms in total. The Balaban J connectivity index is 0.000000354. The van der Waals surface area contributed by atoms with E-state index >= 15 is 0 Å². The van der Waals surface area contributed by atoms with E-state index in [4.69, 9.17) is 0 Å². The monoisotopic (exact) mass is 192 g/mol. The summed E-state index contributed by atoms with van der Waals surface area (Å²) in [6, 6.07) is 0. The summed E-state index contributed by atoms with van der Waals surface area (Å²) in [7, 11) is 0. The van der Waals surface area contributed by atoms with Crippen LogP contribution in [0.2, 0.25) is 16.4 Å². The van der Waals surface area contributed by atoms with Crippen LogP contribution < -0.4 is 0 Å². The van der Waals surface area contributed by atoms with Gasteiger partial charge in [-0.3, -0.25) is 0 Å². The molecule has 3 rings (SSSR count). The van der Waals surface area contributed by atoms with Gasteiger partial charge >= 0.3 is 0 Å². The Kier molecular flexibility index (Phi) is 1.96. The molecule has 2 heterocycles. The molecule has 0 radical (unpaired) electrons. The third kappa shape index (κ3) is 0.920. The van der Waals surface area contributed by atoms with Gasteiger partial charge in [0.2, 0.25) is 0 Å². The van der Waals surface area contributed by atoms with Crippen LogP contribution in [-0.4, -0.2) is 6.71 Å². The van der Waals surface area contributed by atoms with E-state index in [9.17, 15) is 0 Å². The van der Waals surface area contributed by atoms with Gasteiger partial charge in [0.05, 0.1) is 0 Å². The SMILES string of the molecule is CC.CC1B2C1(C)CCC1(C)CC21C. The second-order valence-corrected chi connectivity index (χ2v) is 6.43. The van der Waals surface area contributed by atoms with Gasteiger partial charge in [-0.2, -0.15) is 0 Å². The van der Waals surface area contributed by atoms with Gasteiger partial charge in [-0.15, -0.1) is 0 Å². The molecule has 3 fully saturated rings. The summed E-state index contributed by atoms with van der Waals surface area (Å²) >= 11 is 0. The molecular formula is C13H25B. The molecule has 0 aromatic rings. The molecule has 2 saturated heterocycles. The number of fused-ring (bicyclic) bond motifs is 3. The molecule has 0 amide bonds. The van der Waals surface area contributed by atoms with Crippen molar-refractivity contribution < 1.29 is 0 Å². The highest BCUT2D eigenvalue weighted by Crippen LogP contribution is 2.90.